The van der Waals surface area contributed by atoms with Crippen molar-refractivity contribution in [2.75, 3.05) is 18.0 Å². The van der Waals surface area contributed by atoms with Crippen LogP contribution in [0.15, 0.2) is 22.7 Å². The fourth-order valence-corrected chi connectivity index (χ4v) is 3.31. The van der Waals surface area contributed by atoms with Gasteiger partial charge in [-0.3, -0.25) is 0 Å². The van der Waals surface area contributed by atoms with Gasteiger partial charge < -0.3 is 10.0 Å². The van der Waals surface area contributed by atoms with Crippen LogP contribution in [0.1, 0.15) is 29.6 Å². The highest BCUT2D eigenvalue weighted by Gasteiger charge is 2.47. The van der Waals surface area contributed by atoms with Crippen molar-refractivity contribution in [2.45, 2.75) is 19.3 Å². The van der Waals surface area contributed by atoms with E-state index in [0.717, 1.165) is 23.2 Å². The summed E-state index contributed by atoms with van der Waals surface area (Å²) >= 11 is 3.50. The van der Waals surface area contributed by atoms with E-state index in [4.69, 9.17) is 5.11 Å². The number of carboxylic acids is 1. The third-order valence-corrected chi connectivity index (χ3v) is 4.67. The summed E-state index contributed by atoms with van der Waals surface area (Å²) in [4.78, 5) is 13.2. The Morgan fingerprint density at radius 1 is 1.35 bits per heavy atom. The Labute approximate surface area is 109 Å². The molecular formula is C13H14BrNO2. The Balaban J connectivity index is 1.83. The smallest absolute Gasteiger partial charge is 0.335 e. The quantitative estimate of drug-likeness (QED) is 0.911. The second kappa shape index (κ2) is 3.73. The maximum absolute atomic E-state index is 11.0. The van der Waals surface area contributed by atoms with Crippen molar-refractivity contribution in [3.05, 3.63) is 28.2 Å². The number of halogens is 1. The Bertz CT molecular complexity index is 474. The fourth-order valence-electron chi connectivity index (χ4n) is 2.81. The second-order valence-electron chi connectivity index (χ2n) is 5.18. The number of nitrogens with zero attached hydrogens (tertiary/aromatic N) is 1. The molecule has 0 radical (unpaired) electrons. The van der Waals surface area contributed by atoms with E-state index in [-0.39, 0.29) is 0 Å². The molecule has 17 heavy (non-hydrogen) atoms. The van der Waals surface area contributed by atoms with Gasteiger partial charge in [-0.25, -0.2) is 4.79 Å². The molecule has 0 amide bonds. The first-order valence-corrected chi connectivity index (χ1v) is 6.67. The van der Waals surface area contributed by atoms with E-state index in [1.165, 1.54) is 19.3 Å². The minimum absolute atomic E-state index is 0.359. The largest absolute Gasteiger partial charge is 0.478 e. The molecule has 1 saturated carbocycles. The fraction of sp³-hybridized carbons (Fsp3) is 0.462. The molecule has 0 bridgehead atoms. The van der Waals surface area contributed by atoms with Crippen molar-refractivity contribution < 1.29 is 9.90 Å². The average molecular weight is 296 g/mol. The predicted molar refractivity (Wildman–Crippen MR) is 69.6 cm³/mol. The Morgan fingerprint density at radius 2 is 2.06 bits per heavy atom. The molecule has 0 unspecified atom stereocenters. The second-order valence-corrected chi connectivity index (χ2v) is 6.04. The van der Waals surface area contributed by atoms with Gasteiger partial charge in [-0.1, -0.05) is 6.42 Å². The van der Waals surface area contributed by atoms with Gasteiger partial charge in [0.1, 0.15) is 0 Å². The Kier molecular flexibility index (Phi) is 2.43. The van der Waals surface area contributed by atoms with Crippen LogP contribution in [0.3, 0.4) is 0 Å². The summed E-state index contributed by atoms with van der Waals surface area (Å²) in [7, 11) is 0. The normalized spacial score (nSPS) is 20.9. The highest BCUT2D eigenvalue weighted by atomic mass is 79.9. The van der Waals surface area contributed by atoms with Crippen LogP contribution in [0.5, 0.6) is 0 Å². The van der Waals surface area contributed by atoms with E-state index in [1.54, 1.807) is 12.1 Å². The molecule has 1 aromatic rings. The maximum Gasteiger partial charge on any atom is 0.335 e. The van der Waals surface area contributed by atoms with E-state index < -0.39 is 5.97 Å². The summed E-state index contributed by atoms with van der Waals surface area (Å²) < 4.78 is 0.983. The van der Waals surface area contributed by atoms with Crippen LogP contribution in [0.2, 0.25) is 0 Å². The van der Waals surface area contributed by atoms with Gasteiger partial charge in [0.05, 0.1) is 11.3 Å². The molecule has 1 heterocycles. The lowest BCUT2D eigenvalue weighted by atomic mass is 9.63. The van der Waals surface area contributed by atoms with Crippen molar-refractivity contribution in [2.24, 2.45) is 5.41 Å². The number of hydrogen-bond donors (Lipinski definition) is 1. The van der Waals surface area contributed by atoms with E-state index >= 15 is 0 Å². The molecule has 90 valence electrons. The first kappa shape index (κ1) is 11.1. The Hall–Kier alpha value is -1.03. The minimum atomic E-state index is -0.863. The van der Waals surface area contributed by atoms with Crippen LogP contribution >= 0.6 is 15.9 Å². The highest BCUT2D eigenvalue weighted by molar-refractivity contribution is 9.10. The van der Waals surface area contributed by atoms with Crippen molar-refractivity contribution in [1.29, 1.82) is 0 Å². The topological polar surface area (TPSA) is 40.5 Å². The van der Waals surface area contributed by atoms with E-state index in [9.17, 15) is 4.79 Å². The van der Waals surface area contributed by atoms with Crippen LogP contribution in [-0.4, -0.2) is 24.2 Å². The van der Waals surface area contributed by atoms with Crippen LogP contribution in [-0.2, 0) is 0 Å². The minimum Gasteiger partial charge on any atom is -0.478 e. The molecule has 0 atom stereocenters. The number of hydrogen-bond acceptors (Lipinski definition) is 2. The standard InChI is InChI=1S/C13H14BrNO2/c14-10-3-2-9(12(16)17)6-11(10)15-7-13(8-15)4-1-5-13/h2-3,6H,1,4-5,7-8H2,(H,16,17). The van der Waals surface area contributed by atoms with E-state index in [2.05, 4.69) is 20.8 Å². The molecular weight excluding hydrogens is 282 g/mol. The van der Waals surface area contributed by atoms with Crippen molar-refractivity contribution >= 4 is 27.6 Å². The van der Waals surface area contributed by atoms with Gasteiger partial charge in [0.15, 0.2) is 0 Å². The van der Waals surface area contributed by atoms with Gasteiger partial charge in [-0.2, -0.15) is 0 Å². The first-order chi connectivity index (χ1) is 8.10. The van der Waals surface area contributed by atoms with Gasteiger partial charge in [0.2, 0.25) is 0 Å². The molecule has 3 rings (SSSR count). The zero-order chi connectivity index (χ0) is 12.0. The molecule has 1 spiro atoms. The number of benzene rings is 1. The predicted octanol–water partition coefficient (Wildman–Crippen LogP) is 3.14. The SMILES string of the molecule is O=C(O)c1ccc(Br)c(N2CC3(CCC3)C2)c1. The number of carboxylic acid groups (broad SMARTS) is 1. The Morgan fingerprint density at radius 3 is 2.59 bits per heavy atom. The highest BCUT2D eigenvalue weighted by Crippen LogP contribution is 2.50. The molecule has 1 N–H and O–H groups in total. The lowest BCUT2D eigenvalue weighted by molar-refractivity contribution is 0.0696. The number of rotatable bonds is 2. The molecule has 3 nitrogen and oxygen atoms in total. The van der Waals surface area contributed by atoms with Gasteiger partial charge in [0, 0.05) is 23.0 Å². The van der Waals surface area contributed by atoms with Gasteiger partial charge in [-0.05, 0) is 47.0 Å². The lowest BCUT2D eigenvalue weighted by Gasteiger charge is -2.57. The molecule has 1 aliphatic heterocycles. The third-order valence-electron chi connectivity index (χ3n) is 4.00. The zero-order valence-corrected chi connectivity index (χ0v) is 11.0. The lowest BCUT2D eigenvalue weighted by Crippen LogP contribution is -2.60. The summed E-state index contributed by atoms with van der Waals surface area (Å²) in [6.45, 7) is 2.16. The summed E-state index contributed by atoms with van der Waals surface area (Å²) in [5.41, 5.74) is 1.93. The number of carbonyl (C=O) groups is 1. The van der Waals surface area contributed by atoms with Crippen LogP contribution in [0.4, 0.5) is 5.69 Å². The van der Waals surface area contributed by atoms with Crippen molar-refractivity contribution in [3.8, 4) is 0 Å². The summed E-state index contributed by atoms with van der Waals surface area (Å²) in [5, 5.41) is 9.00. The molecule has 0 aromatic heterocycles. The van der Waals surface area contributed by atoms with Crippen LogP contribution in [0, 0.1) is 5.41 Å². The monoisotopic (exact) mass is 295 g/mol. The van der Waals surface area contributed by atoms with Gasteiger partial charge in [-0.15, -0.1) is 0 Å². The van der Waals surface area contributed by atoms with Gasteiger partial charge in [0.25, 0.3) is 0 Å². The summed E-state index contributed by atoms with van der Waals surface area (Å²) in [6.07, 6.45) is 4.02. The van der Waals surface area contributed by atoms with Crippen LogP contribution < -0.4 is 4.90 Å². The molecule has 1 aromatic carbocycles. The third kappa shape index (κ3) is 1.75. The molecule has 4 heteroatoms. The van der Waals surface area contributed by atoms with Crippen LogP contribution in [0.25, 0.3) is 0 Å². The average Bonchev–Trinajstić information content (AvgIpc) is 2.15. The molecule has 2 aliphatic rings. The molecule has 2 fully saturated rings. The van der Waals surface area contributed by atoms with Crippen molar-refractivity contribution in [1.82, 2.24) is 0 Å². The first-order valence-electron chi connectivity index (χ1n) is 5.88. The summed E-state index contributed by atoms with van der Waals surface area (Å²) in [6, 6.07) is 5.22. The number of aromatic carboxylic acids is 1. The number of anilines is 1. The van der Waals surface area contributed by atoms with E-state index in [1.807, 2.05) is 6.07 Å². The van der Waals surface area contributed by atoms with Crippen molar-refractivity contribution in [3.63, 3.8) is 0 Å². The van der Waals surface area contributed by atoms with Gasteiger partial charge >= 0.3 is 5.97 Å². The maximum atomic E-state index is 11.0. The van der Waals surface area contributed by atoms with E-state index in [0.29, 0.717) is 11.0 Å². The molecule has 1 aliphatic carbocycles. The zero-order valence-electron chi connectivity index (χ0n) is 9.45. The molecule has 1 saturated heterocycles. The summed E-state index contributed by atoms with van der Waals surface area (Å²) in [5.74, 6) is -0.863.